The maximum Gasteiger partial charge on any atom is 0.276 e. The molecule has 1 atom stereocenters. The number of amides is 1. The van der Waals surface area contributed by atoms with Gasteiger partial charge in [0.15, 0.2) is 21.3 Å². The fourth-order valence-corrected chi connectivity index (χ4v) is 5.49. The second-order valence-electron chi connectivity index (χ2n) is 7.88. The molecule has 1 aliphatic heterocycles. The summed E-state index contributed by atoms with van der Waals surface area (Å²) in [5, 5.41) is 3.89. The van der Waals surface area contributed by atoms with E-state index in [1.54, 1.807) is 38.3 Å². The first-order valence-corrected chi connectivity index (χ1v) is 12.0. The quantitative estimate of drug-likeness (QED) is 0.560. The van der Waals surface area contributed by atoms with Gasteiger partial charge in [-0.25, -0.2) is 12.8 Å². The van der Waals surface area contributed by atoms with E-state index in [-0.39, 0.29) is 35.3 Å². The minimum absolute atomic E-state index is 0.0340. The first-order valence-electron chi connectivity index (χ1n) is 10.1. The van der Waals surface area contributed by atoms with Gasteiger partial charge in [-0.1, -0.05) is 29.4 Å². The van der Waals surface area contributed by atoms with Crippen LogP contribution in [0.25, 0.3) is 11.3 Å². The van der Waals surface area contributed by atoms with Crippen LogP contribution in [0.3, 0.4) is 0 Å². The van der Waals surface area contributed by atoms with Crippen LogP contribution < -0.4 is 4.74 Å². The predicted molar refractivity (Wildman–Crippen MR) is 117 cm³/mol. The highest BCUT2D eigenvalue weighted by molar-refractivity contribution is 7.91. The molecule has 1 aliphatic rings. The van der Waals surface area contributed by atoms with Gasteiger partial charge in [0, 0.05) is 24.2 Å². The van der Waals surface area contributed by atoms with Gasteiger partial charge >= 0.3 is 0 Å². The minimum atomic E-state index is -3.21. The molecule has 7 nitrogen and oxygen atoms in total. The summed E-state index contributed by atoms with van der Waals surface area (Å²) in [5.41, 5.74) is 1.79. The molecule has 32 heavy (non-hydrogen) atoms. The van der Waals surface area contributed by atoms with Crippen molar-refractivity contribution in [3.63, 3.8) is 0 Å². The van der Waals surface area contributed by atoms with Crippen molar-refractivity contribution in [3.8, 4) is 17.1 Å². The summed E-state index contributed by atoms with van der Waals surface area (Å²) in [4.78, 5) is 14.9. The Labute approximate surface area is 185 Å². The largest absolute Gasteiger partial charge is 0.497 e. The van der Waals surface area contributed by atoms with Crippen LogP contribution >= 0.6 is 0 Å². The van der Waals surface area contributed by atoms with Gasteiger partial charge in [0.25, 0.3) is 5.91 Å². The summed E-state index contributed by atoms with van der Waals surface area (Å²) in [6.45, 7) is 1.85. The van der Waals surface area contributed by atoms with Gasteiger partial charge in [-0.05, 0) is 42.7 Å². The number of ether oxygens (including phenoxy) is 1. The van der Waals surface area contributed by atoms with Crippen molar-refractivity contribution in [1.29, 1.82) is 0 Å². The van der Waals surface area contributed by atoms with E-state index in [1.165, 1.54) is 17.0 Å². The van der Waals surface area contributed by atoms with Gasteiger partial charge in [-0.15, -0.1) is 0 Å². The number of carbonyl (C=O) groups excluding carboxylic acids is 1. The van der Waals surface area contributed by atoms with Crippen LogP contribution in [0.15, 0.2) is 53.1 Å². The lowest BCUT2D eigenvalue weighted by Gasteiger charge is -2.27. The lowest BCUT2D eigenvalue weighted by Crippen LogP contribution is -2.40. The van der Waals surface area contributed by atoms with Crippen LogP contribution in [-0.2, 0) is 16.4 Å². The summed E-state index contributed by atoms with van der Waals surface area (Å²) in [7, 11) is -1.66. The molecular weight excluding hydrogens is 435 g/mol. The molecule has 0 spiro atoms. The Bertz CT molecular complexity index is 1250. The van der Waals surface area contributed by atoms with Crippen LogP contribution in [0.2, 0.25) is 0 Å². The van der Waals surface area contributed by atoms with E-state index < -0.39 is 21.8 Å². The molecule has 0 N–H and O–H groups in total. The number of rotatable bonds is 6. The molecule has 1 aromatic heterocycles. The minimum Gasteiger partial charge on any atom is -0.497 e. The van der Waals surface area contributed by atoms with Crippen molar-refractivity contribution < 1.29 is 26.9 Å². The molecule has 0 aliphatic carbocycles. The maximum atomic E-state index is 13.9. The lowest BCUT2D eigenvalue weighted by atomic mass is 10.1. The highest BCUT2D eigenvalue weighted by atomic mass is 32.2. The third-order valence-electron chi connectivity index (χ3n) is 5.58. The monoisotopic (exact) mass is 458 g/mol. The fraction of sp³-hybridized carbons (Fsp3) is 0.304. The summed E-state index contributed by atoms with van der Waals surface area (Å²) in [5.74, 6) is -0.00478. The molecule has 1 amide bonds. The maximum absolute atomic E-state index is 13.9. The SMILES string of the molecule is COc1cccc(CN(C(=O)c2cc(-c3ccc(C)c(F)c3)on2)[C@H]2CCS(=O)(=O)C2)c1. The lowest BCUT2D eigenvalue weighted by molar-refractivity contribution is 0.0670. The third kappa shape index (κ3) is 4.67. The van der Waals surface area contributed by atoms with Crippen molar-refractivity contribution in [1.82, 2.24) is 10.1 Å². The highest BCUT2D eigenvalue weighted by Crippen LogP contribution is 2.26. The molecule has 2 heterocycles. The van der Waals surface area contributed by atoms with Crippen LogP contribution in [0.1, 0.15) is 28.0 Å². The van der Waals surface area contributed by atoms with Gasteiger partial charge < -0.3 is 14.2 Å². The number of halogens is 1. The Morgan fingerprint density at radius 1 is 1.25 bits per heavy atom. The molecular formula is C23H23FN2O5S. The second-order valence-corrected chi connectivity index (χ2v) is 10.1. The van der Waals surface area contributed by atoms with Crippen molar-refractivity contribution in [2.45, 2.75) is 25.9 Å². The van der Waals surface area contributed by atoms with Crippen LogP contribution in [0.4, 0.5) is 4.39 Å². The Balaban J connectivity index is 1.64. The van der Waals surface area contributed by atoms with E-state index in [0.29, 0.717) is 23.3 Å². The molecule has 2 aromatic carbocycles. The van der Waals surface area contributed by atoms with E-state index in [9.17, 15) is 17.6 Å². The number of carbonyl (C=O) groups is 1. The van der Waals surface area contributed by atoms with Gasteiger partial charge in [-0.3, -0.25) is 4.79 Å². The van der Waals surface area contributed by atoms with Crippen LogP contribution in [0, 0.1) is 12.7 Å². The first-order chi connectivity index (χ1) is 15.3. The summed E-state index contributed by atoms with van der Waals surface area (Å²) in [6.07, 6.45) is 0.353. The topological polar surface area (TPSA) is 89.7 Å². The highest BCUT2D eigenvalue weighted by Gasteiger charge is 2.36. The van der Waals surface area contributed by atoms with E-state index in [1.807, 2.05) is 12.1 Å². The van der Waals surface area contributed by atoms with Crippen molar-refractivity contribution in [2.75, 3.05) is 18.6 Å². The summed E-state index contributed by atoms with van der Waals surface area (Å²) in [6, 6.07) is 12.8. The average Bonchev–Trinajstić information content (AvgIpc) is 3.40. The Morgan fingerprint density at radius 3 is 2.75 bits per heavy atom. The molecule has 9 heteroatoms. The van der Waals surface area contributed by atoms with E-state index in [4.69, 9.17) is 9.26 Å². The zero-order valence-electron chi connectivity index (χ0n) is 17.7. The number of nitrogens with zero attached hydrogens (tertiary/aromatic N) is 2. The second kappa shape index (κ2) is 8.74. The molecule has 0 unspecified atom stereocenters. The van der Waals surface area contributed by atoms with Crippen LogP contribution in [0.5, 0.6) is 5.75 Å². The van der Waals surface area contributed by atoms with E-state index in [0.717, 1.165) is 5.56 Å². The smallest absolute Gasteiger partial charge is 0.276 e. The number of aromatic nitrogens is 1. The molecule has 168 valence electrons. The molecule has 1 saturated heterocycles. The third-order valence-corrected chi connectivity index (χ3v) is 7.33. The molecule has 1 fully saturated rings. The predicted octanol–water partition coefficient (Wildman–Crippen LogP) is 3.63. The normalized spacial score (nSPS) is 17.3. The zero-order chi connectivity index (χ0) is 22.9. The van der Waals surface area contributed by atoms with E-state index >= 15 is 0 Å². The average molecular weight is 459 g/mol. The molecule has 0 bridgehead atoms. The number of aryl methyl sites for hydroxylation is 1. The molecule has 3 aromatic rings. The van der Waals surface area contributed by atoms with Gasteiger partial charge in [0.2, 0.25) is 0 Å². The number of hydrogen-bond acceptors (Lipinski definition) is 6. The summed E-state index contributed by atoms with van der Waals surface area (Å²) >= 11 is 0. The van der Waals surface area contributed by atoms with Gasteiger partial charge in [0.05, 0.1) is 18.6 Å². The summed E-state index contributed by atoms with van der Waals surface area (Å²) < 4.78 is 48.6. The number of sulfone groups is 1. The number of hydrogen-bond donors (Lipinski definition) is 0. The zero-order valence-corrected chi connectivity index (χ0v) is 18.6. The van der Waals surface area contributed by atoms with Gasteiger partial charge in [0.1, 0.15) is 11.6 Å². The Kier molecular flexibility index (Phi) is 6.01. The molecule has 4 rings (SSSR count). The van der Waals surface area contributed by atoms with Crippen molar-refractivity contribution >= 4 is 15.7 Å². The van der Waals surface area contributed by atoms with E-state index in [2.05, 4.69) is 5.16 Å². The number of benzene rings is 2. The van der Waals surface area contributed by atoms with Crippen molar-refractivity contribution in [2.24, 2.45) is 0 Å². The van der Waals surface area contributed by atoms with Crippen molar-refractivity contribution in [3.05, 3.63) is 71.2 Å². The Morgan fingerprint density at radius 2 is 2.06 bits per heavy atom. The van der Waals surface area contributed by atoms with Crippen LogP contribution in [-0.4, -0.2) is 49.0 Å². The van der Waals surface area contributed by atoms with Gasteiger partial charge in [-0.2, -0.15) is 0 Å². The molecule has 0 radical (unpaired) electrons. The Hall–Kier alpha value is -3.20. The standard InChI is InChI=1S/C23H23FN2O5S/c1-15-6-7-17(11-20(15)24)22-12-21(25-31-22)23(27)26(18-8-9-32(28,29)14-18)13-16-4-3-5-19(10-16)30-2/h3-7,10-12,18H,8-9,13-14H2,1-2H3/t18-/m0/s1. The molecule has 0 saturated carbocycles. The fourth-order valence-electron chi connectivity index (χ4n) is 3.76. The first kappa shape index (κ1) is 22.0. The number of methoxy groups -OCH3 is 1.